The first kappa shape index (κ1) is 39.1. The monoisotopic (exact) mass is 637 g/mol. The van der Waals surface area contributed by atoms with Crippen LogP contribution in [0, 0.1) is 6.92 Å². The summed E-state index contributed by atoms with van der Waals surface area (Å²) in [5.74, 6) is 0. The molecule has 1 aromatic carbocycles. The zero-order valence-electron chi connectivity index (χ0n) is 25.1. The van der Waals surface area contributed by atoms with Gasteiger partial charge < -0.3 is 42.6 Å². The van der Waals surface area contributed by atoms with Crippen LogP contribution in [0.15, 0.2) is 34.3 Å². The topological polar surface area (TPSA) is 175 Å². The summed E-state index contributed by atoms with van der Waals surface area (Å²) in [6, 6.07) is 6.47. The van der Waals surface area contributed by atoms with Gasteiger partial charge in [-0.3, -0.25) is 4.18 Å². The van der Waals surface area contributed by atoms with Gasteiger partial charge in [0.15, 0.2) is 0 Å². The van der Waals surface area contributed by atoms with E-state index < -0.39 is 10.1 Å². The summed E-state index contributed by atoms with van der Waals surface area (Å²) in [4.78, 5) is 2.76. The third kappa shape index (κ3) is 25.1. The molecule has 0 aliphatic carbocycles. The highest BCUT2D eigenvalue weighted by Crippen LogP contribution is 2.12. The molecule has 1 aromatic rings. The van der Waals surface area contributed by atoms with E-state index in [2.05, 4.69) is 10.0 Å². The van der Waals surface area contributed by atoms with Crippen LogP contribution in [-0.2, 0) is 56.9 Å². The fraction of sp³-hybridized carbons (Fsp3) is 0.778. The van der Waals surface area contributed by atoms with E-state index in [-0.39, 0.29) is 18.1 Å². The SMILES string of the molecule is Cc1ccc(S(=O)(=O)OCCOCCOCCOCCOCCOCCOCCOCCOCCOCCN=[N+]=[N-])cc1. The Morgan fingerprint density at radius 1 is 0.535 bits per heavy atom. The molecule has 0 saturated carbocycles. The summed E-state index contributed by atoms with van der Waals surface area (Å²) in [6.07, 6.45) is 0. The van der Waals surface area contributed by atoms with Crippen molar-refractivity contribution in [2.75, 3.05) is 132 Å². The Balaban J connectivity index is 1.70. The number of hydrogen-bond acceptors (Lipinski definition) is 13. The average Bonchev–Trinajstić information content (AvgIpc) is 3.00. The van der Waals surface area contributed by atoms with Gasteiger partial charge in [-0.05, 0) is 24.6 Å². The molecule has 0 fully saturated rings. The molecule has 0 aromatic heterocycles. The Bertz CT molecular complexity index is 918. The van der Waals surface area contributed by atoms with Gasteiger partial charge in [0.1, 0.15) is 0 Å². The van der Waals surface area contributed by atoms with Crippen LogP contribution in [0.3, 0.4) is 0 Å². The Labute approximate surface area is 254 Å². The Hall–Kier alpha value is -1.92. The Kier molecular flexibility index (Phi) is 26.2. The smallest absolute Gasteiger partial charge is 0.297 e. The number of ether oxygens (including phenoxy) is 9. The highest BCUT2D eigenvalue weighted by atomic mass is 32.2. The zero-order chi connectivity index (χ0) is 31.1. The molecule has 0 radical (unpaired) electrons. The van der Waals surface area contributed by atoms with E-state index in [0.717, 1.165) is 5.56 Å². The van der Waals surface area contributed by atoms with Crippen molar-refractivity contribution >= 4 is 10.1 Å². The van der Waals surface area contributed by atoms with Crippen LogP contribution in [-0.4, -0.2) is 140 Å². The maximum atomic E-state index is 12.1. The van der Waals surface area contributed by atoms with Crippen molar-refractivity contribution in [3.8, 4) is 0 Å². The predicted octanol–water partition coefficient (Wildman–Crippen LogP) is 2.16. The molecular formula is C27H47N3O12S. The molecule has 0 aliphatic heterocycles. The van der Waals surface area contributed by atoms with Crippen molar-refractivity contribution < 1.29 is 55.2 Å². The van der Waals surface area contributed by atoms with Crippen LogP contribution in [0.5, 0.6) is 0 Å². The van der Waals surface area contributed by atoms with Crippen LogP contribution in [0.4, 0.5) is 0 Å². The van der Waals surface area contributed by atoms with E-state index in [1.165, 1.54) is 12.1 Å². The second-order valence-corrected chi connectivity index (χ2v) is 10.2. The summed E-state index contributed by atoms with van der Waals surface area (Å²) in [5, 5.41) is 3.36. The maximum absolute atomic E-state index is 12.1. The van der Waals surface area contributed by atoms with Crippen molar-refractivity contribution in [1.82, 2.24) is 0 Å². The molecular weight excluding hydrogens is 590 g/mol. The van der Waals surface area contributed by atoms with Gasteiger partial charge in [0.25, 0.3) is 10.1 Å². The molecule has 16 heteroatoms. The molecule has 0 atom stereocenters. The molecule has 0 bridgehead atoms. The summed E-state index contributed by atoms with van der Waals surface area (Å²) < 4.78 is 77.5. The van der Waals surface area contributed by atoms with E-state index >= 15 is 0 Å². The van der Waals surface area contributed by atoms with Gasteiger partial charge >= 0.3 is 0 Å². The van der Waals surface area contributed by atoms with Crippen molar-refractivity contribution in [2.24, 2.45) is 5.11 Å². The van der Waals surface area contributed by atoms with Gasteiger partial charge in [-0.25, -0.2) is 0 Å². The normalized spacial score (nSPS) is 11.6. The molecule has 43 heavy (non-hydrogen) atoms. The first-order chi connectivity index (χ1) is 21.1. The fourth-order valence-electron chi connectivity index (χ4n) is 2.99. The first-order valence-corrected chi connectivity index (χ1v) is 15.6. The van der Waals surface area contributed by atoms with Crippen LogP contribution in [0.2, 0.25) is 0 Å². The average molecular weight is 638 g/mol. The Morgan fingerprint density at radius 2 is 0.837 bits per heavy atom. The van der Waals surface area contributed by atoms with Crippen LogP contribution >= 0.6 is 0 Å². The molecule has 0 N–H and O–H groups in total. The van der Waals surface area contributed by atoms with Gasteiger partial charge in [0.2, 0.25) is 0 Å². The third-order valence-electron chi connectivity index (χ3n) is 5.15. The van der Waals surface area contributed by atoms with E-state index in [4.69, 9.17) is 52.3 Å². The van der Waals surface area contributed by atoms with Gasteiger partial charge in [-0.2, -0.15) is 8.42 Å². The molecule has 0 spiro atoms. The van der Waals surface area contributed by atoms with E-state index in [1.807, 2.05) is 6.92 Å². The number of hydrogen-bond donors (Lipinski definition) is 0. The second-order valence-electron chi connectivity index (χ2n) is 8.55. The number of nitrogens with zero attached hydrogens (tertiary/aromatic N) is 3. The van der Waals surface area contributed by atoms with Crippen molar-refractivity contribution in [3.63, 3.8) is 0 Å². The summed E-state index contributed by atoms with van der Waals surface area (Å²) in [5.41, 5.74) is 9.10. The second kappa shape index (κ2) is 28.8. The zero-order valence-corrected chi connectivity index (χ0v) is 25.9. The fourth-order valence-corrected chi connectivity index (χ4v) is 3.88. The highest BCUT2D eigenvalue weighted by molar-refractivity contribution is 7.86. The molecule has 15 nitrogen and oxygen atoms in total. The molecule has 0 amide bonds. The minimum absolute atomic E-state index is 0.0619. The molecule has 0 aliphatic rings. The lowest BCUT2D eigenvalue weighted by atomic mass is 10.2. The number of azide groups is 1. The molecule has 0 saturated heterocycles. The van der Waals surface area contributed by atoms with Gasteiger partial charge in [-0.15, -0.1) is 0 Å². The molecule has 0 heterocycles. The van der Waals surface area contributed by atoms with Crippen LogP contribution < -0.4 is 0 Å². The lowest BCUT2D eigenvalue weighted by Crippen LogP contribution is -2.15. The summed E-state index contributed by atoms with van der Waals surface area (Å²) in [7, 11) is -3.77. The van der Waals surface area contributed by atoms with Crippen molar-refractivity contribution in [1.29, 1.82) is 0 Å². The lowest BCUT2D eigenvalue weighted by molar-refractivity contribution is -0.0252. The number of benzene rings is 1. The Morgan fingerprint density at radius 3 is 1.16 bits per heavy atom. The molecule has 248 valence electrons. The van der Waals surface area contributed by atoms with Crippen molar-refractivity contribution in [3.05, 3.63) is 40.3 Å². The minimum Gasteiger partial charge on any atom is -0.379 e. The van der Waals surface area contributed by atoms with E-state index in [0.29, 0.717) is 119 Å². The lowest BCUT2D eigenvalue weighted by Gasteiger charge is -2.09. The highest BCUT2D eigenvalue weighted by Gasteiger charge is 2.14. The van der Waals surface area contributed by atoms with Gasteiger partial charge in [0.05, 0.1) is 130 Å². The van der Waals surface area contributed by atoms with Gasteiger partial charge in [-0.1, -0.05) is 22.8 Å². The van der Waals surface area contributed by atoms with Crippen LogP contribution in [0.1, 0.15) is 5.56 Å². The molecule has 1 rings (SSSR count). The predicted molar refractivity (Wildman–Crippen MR) is 156 cm³/mol. The van der Waals surface area contributed by atoms with E-state index in [9.17, 15) is 8.42 Å². The summed E-state index contributed by atoms with van der Waals surface area (Å²) in [6.45, 7) is 9.84. The van der Waals surface area contributed by atoms with E-state index in [1.54, 1.807) is 12.1 Å². The minimum atomic E-state index is -3.77. The van der Waals surface area contributed by atoms with Gasteiger partial charge in [0, 0.05) is 11.5 Å². The number of rotatable bonds is 32. The third-order valence-corrected chi connectivity index (χ3v) is 6.48. The number of aryl methyl sites for hydroxylation is 1. The maximum Gasteiger partial charge on any atom is 0.297 e. The largest absolute Gasteiger partial charge is 0.379 e. The first-order valence-electron chi connectivity index (χ1n) is 14.2. The van der Waals surface area contributed by atoms with Crippen LogP contribution in [0.25, 0.3) is 10.4 Å². The standard InChI is InChI=1S/C27H47N3O12S/c1-26-2-4-27(5-3-26)43(31,32)42-25-24-41-23-22-40-21-20-39-19-18-38-17-16-37-15-14-36-13-12-35-11-10-34-9-8-33-7-6-29-30-28/h2-5H,6-25H2,1H3. The quantitative estimate of drug-likeness (QED) is 0.0371. The molecule has 0 unspecified atom stereocenters. The summed E-state index contributed by atoms with van der Waals surface area (Å²) >= 11 is 0. The van der Waals surface area contributed by atoms with Crippen molar-refractivity contribution in [2.45, 2.75) is 11.8 Å².